The Morgan fingerprint density at radius 2 is 0.435 bits per heavy atom. The van der Waals surface area contributed by atoms with Crippen molar-refractivity contribution in [1.29, 1.82) is 0 Å². The van der Waals surface area contributed by atoms with E-state index >= 15 is 0 Å². The normalized spacial score (nSPS) is 51.3. The topological polar surface area (TPSA) is 546 Å². The number of ether oxygens (including phenoxy) is 14. The third-order valence-electron chi connectivity index (χ3n) is 16.7. The van der Waals surface area contributed by atoms with Gasteiger partial charge in [-0.15, -0.1) is 0 Å². The van der Waals surface area contributed by atoms with Crippen LogP contribution in [0.25, 0.3) is 0 Å². The summed E-state index contributed by atoms with van der Waals surface area (Å²) in [6.45, 7) is -4.82. The molecule has 15 rings (SSSR count). The van der Waals surface area contributed by atoms with Crippen molar-refractivity contribution in [1.82, 2.24) is 5.32 Å². The summed E-state index contributed by atoms with van der Waals surface area (Å²) in [6.07, 6.45) is -61.0. The minimum Gasteiger partial charge on any atom is -0.394 e. The Balaban J connectivity index is 1.09. The van der Waals surface area contributed by atoms with E-state index < -0.39 is 261 Å². The van der Waals surface area contributed by atoms with E-state index in [2.05, 4.69) is 12.2 Å². The van der Waals surface area contributed by atoms with Crippen molar-refractivity contribution < 1.29 is 168 Å². The number of hydrogen-bond acceptors (Lipinski definition) is 35. The van der Waals surface area contributed by atoms with Gasteiger partial charge in [0, 0.05) is 0 Å². The van der Waals surface area contributed by atoms with Crippen LogP contribution in [0.3, 0.4) is 0 Å². The van der Waals surface area contributed by atoms with E-state index in [0.717, 1.165) is 32.1 Å². The van der Waals surface area contributed by atoms with Gasteiger partial charge in [0.1, 0.15) is 165 Å². The summed E-state index contributed by atoms with van der Waals surface area (Å²) < 4.78 is 81.9. The standard InChI is InChI=1S/C50H87NO34/c1-2-3-4-5-6-7-8-51-23-24(59)37-16(9-52)72-44(23)79-38-17(10-53)73-46(31(66)25(38)60)81-40-19(12-55)75-48(33(68)27(40)62)83-42-21(14-57)77-50(35(70)29(42)64)85-43-22(15-58)78-49(36(71)30(43)65)84-41-20(13-56)76-47(34(69)28(41)63)82-39-18(11-54)74-45(80-37)32(67)26(39)61/h16-71H,2-15H2,1H3/t16-,17-,18-,19-,20-,21-,22-,23-,24-,25-,26-,27-,28-,29?,30-,31?,32-,33-,34-,35-,36-,37-,38-,39-,40-,41-,42-,43-,44-,45-,46-,47-,48-,49-,50-/m1/s1. The van der Waals surface area contributed by atoms with Gasteiger partial charge in [0.05, 0.1) is 52.3 Å². The first-order chi connectivity index (χ1) is 40.7. The molecule has 85 heavy (non-hydrogen) atoms. The minimum absolute atomic E-state index is 0.188. The number of rotatable bonds is 15. The van der Waals surface area contributed by atoms with E-state index in [-0.39, 0.29) is 6.54 Å². The van der Waals surface area contributed by atoms with Crippen molar-refractivity contribution in [3.05, 3.63) is 0 Å². The summed E-state index contributed by atoms with van der Waals surface area (Å²) in [5, 5.41) is 227. The van der Waals surface area contributed by atoms with Crippen LogP contribution in [0, 0.1) is 0 Å². The monoisotopic (exact) mass is 1250 g/mol. The molecule has 35 atom stereocenters. The van der Waals surface area contributed by atoms with E-state index in [1.54, 1.807) is 0 Å². The molecule has 15 heterocycles. The molecule has 35 heteroatoms. The second-order valence-corrected chi connectivity index (χ2v) is 22.4. The summed E-state index contributed by atoms with van der Waals surface area (Å²) in [7, 11) is 0. The van der Waals surface area contributed by atoms with Crippen molar-refractivity contribution in [2.24, 2.45) is 0 Å². The van der Waals surface area contributed by atoms with Crippen LogP contribution in [0.1, 0.15) is 45.4 Å². The fourth-order valence-electron chi connectivity index (χ4n) is 11.8. The van der Waals surface area contributed by atoms with E-state index in [1.807, 2.05) is 0 Å². The molecule has 14 bridgehead atoms. The second-order valence-electron chi connectivity index (χ2n) is 22.4. The minimum atomic E-state index is -2.20. The van der Waals surface area contributed by atoms with Gasteiger partial charge in [-0.2, -0.15) is 0 Å². The maximum Gasteiger partial charge on any atom is 0.187 e. The average Bonchev–Trinajstić information content (AvgIpc) is 2.00. The molecule has 0 aliphatic carbocycles. The SMILES string of the molecule is CCCCCCCCN[C@H]1[C@H]2O[C@H]3[C@H](O)C(O)[C@@H](O[C@H]4[C@H](O)[C@@H](O)[C@H](O[C@@H]4CO)O[C@H]4C(O)[C@@H](O)[C@@H](O[C@H]5[C@H](O)[C@@H](O)[C@@H](O[C@H]6[C@H](O)[C@@H](O)[C@@H](O[C@H]7[C@H](O)[C@@H](O)[C@@H](O[C@@H]([C@@H]1O)[C@@H](CO)O2)O[C@@H]7CO)O[C@@H]6CO)O[C@@H]5CO)O[C@@H]4CO)O[C@@H]3CO. The highest BCUT2D eigenvalue weighted by molar-refractivity contribution is 5.02. The molecule has 21 N–H and O–H groups in total. The smallest absolute Gasteiger partial charge is 0.187 e. The Morgan fingerprint density at radius 1 is 0.235 bits per heavy atom. The fraction of sp³-hybridized carbons (Fsp3) is 1.00. The summed E-state index contributed by atoms with van der Waals surface area (Å²) >= 11 is 0. The Morgan fingerprint density at radius 3 is 0.671 bits per heavy atom. The summed E-state index contributed by atoms with van der Waals surface area (Å²) in [5.41, 5.74) is 0. The lowest BCUT2D eigenvalue weighted by Crippen LogP contribution is -2.70. The summed E-state index contributed by atoms with van der Waals surface area (Å²) in [4.78, 5) is 0. The van der Waals surface area contributed by atoms with E-state index in [4.69, 9.17) is 66.3 Å². The Bertz CT molecular complexity index is 1970. The highest BCUT2D eigenvalue weighted by Gasteiger charge is 2.59. The van der Waals surface area contributed by atoms with Gasteiger partial charge in [-0.1, -0.05) is 39.0 Å². The predicted molar refractivity (Wildman–Crippen MR) is 268 cm³/mol. The summed E-state index contributed by atoms with van der Waals surface area (Å²) in [5.74, 6) is 0. The second kappa shape index (κ2) is 31.3. The van der Waals surface area contributed by atoms with Crippen LogP contribution in [0.4, 0.5) is 0 Å². The number of nitrogens with one attached hydrogen (secondary N) is 1. The number of hydrogen-bond donors (Lipinski definition) is 21. The van der Waals surface area contributed by atoms with E-state index in [9.17, 15) is 102 Å². The number of unbranched alkanes of at least 4 members (excludes halogenated alkanes) is 5. The van der Waals surface area contributed by atoms with Gasteiger partial charge >= 0.3 is 0 Å². The predicted octanol–water partition coefficient (Wildman–Crippen LogP) is -12.3. The average molecular weight is 1250 g/mol. The molecule has 15 aliphatic rings. The zero-order chi connectivity index (χ0) is 61.7. The van der Waals surface area contributed by atoms with E-state index in [1.165, 1.54) is 0 Å². The Hall–Kier alpha value is -1.40. The first-order valence-corrected chi connectivity index (χ1v) is 28.7. The van der Waals surface area contributed by atoms with Gasteiger partial charge < -0.3 is 174 Å². The lowest BCUT2D eigenvalue weighted by atomic mass is 9.94. The Kier molecular flexibility index (Phi) is 25.6. The van der Waals surface area contributed by atoms with Crippen molar-refractivity contribution in [3.63, 3.8) is 0 Å². The molecule has 0 spiro atoms. The van der Waals surface area contributed by atoms with Gasteiger partial charge in [-0.3, -0.25) is 0 Å². The molecule has 0 aromatic heterocycles. The van der Waals surface area contributed by atoms with Gasteiger partial charge in [0.15, 0.2) is 44.0 Å². The largest absolute Gasteiger partial charge is 0.394 e. The molecule has 15 saturated heterocycles. The lowest BCUT2D eigenvalue weighted by molar-refractivity contribution is -0.396. The maximum absolute atomic E-state index is 12.2. The van der Waals surface area contributed by atoms with Gasteiger partial charge in [0.25, 0.3) is 0 Å². The van der Waals surface area contributed by atoms with Crippen LogP contribution >= 0.6 is 0 Å². The maximum atomic E-state index is 12.2. The third kappa shape index (κ3) is 14.9. The molecule has 15 fully saturated rings. The highest BCUT2D eigenvalue weighted by Crippen LogP contribution is 2.39. The van der Waals surface area contributed by atoms with Gasteiger partial charge in [-0.05, 0) is 13.0 Å². The van der Waals surface area contributed by atoms with Crippen LogP contribution in [0.5, 0.6) is 0 Å². The van der Waals surface area contributed by atoms with Crippen molar-refractivity contribution >= 4 is 0 Å². The molecule has 2 unspecified atom stereocenters. The Labute approximate surface area is 486 Å². The van der Waals surface area contributed by atoms with Crippen LogP contribution in [-0.2, 0) is 66.3 Å². The quantitative estimate of drug-likeness (QED) is 0.0677. The third-order valence-corrected chi connectivity index (χ3v) is 16.7. The highest BCUT2D eigenvalue weighted by atomic mass is 16.8. The molecule has 0 aromatic carbocycles. The number of fused-ring (bicyclic) bond motifs is 7. The van der Waals surface area contributed by atoms with Crippen LogP contribution in [0.15, 0.2) is 0 Å². The van der Waals surface area contributed by atoms with Crippen LogP contribution in [0.2, 0.25) is 0 Å². The van der Waals surface area contributed by atoms with Crippen molar-refractivity contribution in [2.45, 2.75) is 260 Å². The van der Waals surface area contributed by atoms with Gasteiger partial charge in [0.2, 0.25) is 0 Å². The molecule has 0 aromatic rings. The van der Waals surface area contributed by atoms with Crippen molar-refractivity contribution in [2.75, 3.05) is 52.8 Å². The van der Waals surface area contributed by atoms with Gasteiger partial charge in [-0.25, -0.2) is 0 Å². The number of aliphatic hydroxyl groups is 20. The molecule has 0 radical (unpaired) electrons. The lowest BCUT2D eigenvalue weighted by Gasteiger charge is -2.50. The molecular formula is C50H87NO34. The summed E-state index contributed by atoms with van der Waals surface area (Å²) in [6, 6.07) is -1.39. The zero-order valence-electron chi connectivity index (χ0n) is 46.3. The number of aliphatic hydroxyl groups excluding tert-OH is 20. The molecular weight excluding hydrogens is 1160 g/mol. The first kappa shape index (κ1) is 69.5. The molecule has 496 valence electrons. The molecule has 35 nitrogen and oxygen atoms in total. The van der Waals surface area contributed by atoms with Crippen LogP contribution < -0.4 is 5.32 Å². The van der Waals surface area contributed by atoms with Crippen LogP contribution in [-0.4, -0.2) is 370 Å². The van der Waals surface area contributed by atoms with E-state index in [0.29, 0.717) is 6.42 Å². The fourth-order valence-corrected chi connectivity index (χ4v) is 11.8. The zero-order valence-corrected chi connectivity index (χ0v) is 46.3. The first-order valence-electron chi connectivity index (χ1n) is 28.7. The molecule has 15 aliphatic heterocycles. The van der Waals surface area contributed by atoms with Crippen molar-refractivity contribution in [3.8, 4) is 0 Å². The molecule has 0 amide bonds. The molecule has 0 saturated carbocycles.